The van der Waals surface area contributed by atoms with Crippen LogP contribution in [0.1, 0.15) is 69.1 Å². The molecule has 0 spiro atoms. The first kappa shape index (κ1) is 22.2. The minimum atomic E-state index is -0.0607. The summed E-state index contributed by atoms with van der Waals surface area (Å²) in [6.45, 7) is 7.02. The lowest BCUT2D eigenvalue weighted by Gasteiger charge is -2.37. The molecule has 0 bridgehead atoms. The lowest BCUT2D eigenvalue weighted by atomic mass is 9.92. The fourth-order valence-electron chi connectivity index (χ4n) is 4.90. The Bertz CT molecular complexity index is 943. The zero-order chi connectivity index (χ0) is 21.7. The molecule has 2 aliphatic rings. The molecular weight excluding hydrogens is 397 g/mol. The number of likely N-dealkylation sites (tertiary alicyclic amines) is 1. The summed E-state index contributed by atoms with van der Waals surface area (Å²) in [4.78, 5) is 2.65. The standard InChI is InChI=1S/C28H36NOP/c1-3-28(2,31-26-18-9-8-17-25(26)29-19-10-5-11-20-29)24-16-12-15-23(27(24)30)21-22-13-6-4-7-14-22/h4,6-7,9,12-16,18,30-31H,3,5,8,10-11,17,19-21H2,1-2H3. The summed E-state index contributed by atoms with van der Waals surface area (Å²) >= 11 is 0. The number of phenols is 1. The fourth-order valence-corrected chi connectivity index (χ4v) is 6.63. The summed E-state index contributed by atoms with van der Waals surface area (Å²) in [6.07, 6.45) is 12.8. The van der Waals surface area contributed by atoms with Gasteiger partial charge in [0.25, 0.3) is 0 Å². The van der Waals surface area contributed by atoms with Crippen molar-refractivity contribution in [2.45, 2.75) is 63.9 Å². The van der Waals surface area contributed by atoms with Crippen molar-refractivity contribution in [1.82, 2.24) is 4.90 Å². The molecule has 2 atom stereocenters. The van der Waals surface area contributed by atoms with Crippen LogP contribution in [-0.4, -0.2) is 23.1 Å². The molecule has 0 aromatic heterocycles. The third kappa shape index (κ3) is 5.07. The second-order valence-electron chi connectivity index (χ2n) is 9.14. The van der Waals surface area contributed by atoms with E-state index in [1.165, 1.54) is 49.7 Å². The summed E-state index contributed by atoms with van der Waals surface area (Å²) in [5.41, 5.74) is 4.94. The van der Waals surface area contributed by atoms with Gasteiger partial charge in [-0.1, -0.05) is 83.1 Å². The normalized spacial score (nSPS) is 19.2. The maximum absolute atomic E-state index is 11.3. The average Bonchev–Trinajstić information content (AvgIpc) is 2.82. The predicted molar refractivity (Wildman–Crippen MR) is 134 cm³/mol. The third-order valence-corrected chi connectivity index (χ3v) is 8.85. The quantitative estimate of drug-likeness (QED) is 0.462. The van der Waals surface area contributed by atoms with E-state index < -0.39 is 0 Å². The zero-order valence-corrected chi connectivity index (χ0v) is 20.0. The zero-order valence-electron chi connectivity index (χ0n) is 19.0. The maximum Gasteiger partial charge on any atom is 0.123 e. The van der Waals surface area contributed by atoms with Crippen molar-refractivity contribution in [1.29, 1.82) is 0 Å². The summed E-state index contributed by atoms with van der Waals surface area (Å²) in [7, 11) is 0.659. The number of benzene rings is 2. The van der Waals surface area contributed by atoms with Gasteiger partial charge in [0.2, 0.25) is 0 Å². The van der Waals surface area contributed by atoms with Gasteiger partial charge in [-0.15, -0.1) is 0 Å². The number of phenolic OH excluding ortho intramolecular Hbond substituents is 1. The number of hydrogen-bond donors (Lipinski definition) is 1. The Morgan fingerprint density at radius 2 is 1.77 bits per heavy atom. The van der Waals surface area contributed by atoms with E-state index in [4.69, 9.17) is 0 Å². The molecule has 4 rings (SSSR count). The van der Waals surface area contributed by atoms with Crippen LogP contribution in [-0.2, 0) is 11.6 Å². The highest BCUT2D eigenvalue weighted by molar-refractivity contribution is 7.44. The van der Waals surface area contributed by atoms with Crippen molar-refractivity contribution in [3.05, 3.63) is 88.4 Å². The van der Waals surface area contributed by atoms with E-state index in [2.05, 4.69) is 73.4 Å². The van der Waals surface area contributed by atoms with Crippen LogP contribution in [0.25, 0.3) is 0 Å². The van der Waals surface area contributed by atoms with Crippen LogP contribution in [0.15, 0.2) is 71.7 Å². The number of rotatable bonds is 7. The topological polar surface area (TPSA) is 23.5 Å². The fraction of sp³-hybridized carbons (Fsp3) is 0.429. The average molecular weight is 434 g/mol. The molecule has 2 unspecified atom stereocenters. The number of hydrogen-bond acceptors (Lipinski definition) is 2. The summed E-state index contributed by atoms with van der Waals surface area (Å²) < 4.78 is 0. The van der Waals surface area contributed by atoms with Crippen LogP contribution in [0, 0.1) is 0 Å². The molecule has 1 fully saturated rings. The lowest BCUT2D eigenvalue weighted by Crippen LogP contribution is -2.30. The van der Waals surface area contributed by atoms with Crippen molar-refractivity contribution in [3.63, 3.8) is 0 Å². The molecule has 1 N–H and O–H groups in total. The molecule has 1 aliphatic carbocycles. The summed E-state index contributed by atoms with van der Waals surface area (Å²) in [6, 6.07) is 16.8. The lowest BCUT2D eigenvalue weighted by molar-refractivity contribution is 0.275. The first-order valence-electron chi connectivity index (χ1n) is 11.9. The second-order valence-corrected chi connectivity index (χ2v) is 11.0. The van der Waals surface area contributed by atoms with Crippen LogP contribution in [0.2, 0.25) is 0 Å². The third-order valence-electron chi connectivity index (χ3n) is 6.95. The van der Waals surface area contributed by atoms with Crippen LogP contribution in [0.3, 0.4) is 0 Å². The van der Waals surface area contributed by atoms with Crippen LogP contribution >= 0.6 is 8.58 Å². The monoisotopic (exact) mass is 433 g/mol. The van der Waals surface area contributed by atoms with E-state index >= 15 is 0 Å². The SMILES string of the molecule is CCC(C)(PC1=C(N2CCCCC2)CCC=C1)c1cccc(Cc2ccccc2)c1O. The highest BCUT2D eigenvalue weighted by Crippen LogP contribution is 2.54. The molecule has 1 aliphatic heterocycles. The van der Waals surface area contributed by atoms with Crippen molar-refractivity contribution in [2.24, 2.45) is 0 Å². The first-order chi connectivity index (χ1) is 15.1. The minimum Gasteiger partial charge on any atom is -0.507 e. The number of nitrogens with zero attached hydrogens (tertiary/aromatic N) is 1. The molecule has 0 saturated carbocycles. The van der Waals surface area contributed by atoms with Gasteiger partial charge in [0.15, 0.2) is 0 Å². The molecule has 0 amide bonds. The second kappa shape index (κ2) is 10.0. The van der Waals surface area contributed by atoms with E-state index in [9.17, 15) is 5.11 Å². The van der Waals surface area contributed by atoms with Crippen molar-refractivity contribution in [2.75, 3.05) is 13.1 Å². The highest BCUT2D eigenvalue weighted by atomic mass is 31.1. The molecule has 1 heterocycles. The van der Waals surface area contributed by atoms with Gasteiger partial charge >= 0.3 is 0 Å². The Balaban J connectivity index is 1.64. The Morgan fingerprint density at radius 1 is 1.00 bits per heavy atom. The Morgan fingerprint density at radius 3 is 2.52 bits per heavy atom. The van der Waals surface area contributed by atoms with Gasteiger partial charge in [0.1, 0.15) is 5.75 Å². The van der Waals surface area contributed by atoms with E-state index in [-0.39, 0.29) is 5.16 Å². The molecule has 164 valence electrons. The predicted octanol–water partition coefficient (Wildman–Crippen LogP) is 7.33. The van der Waals surface area contributed by atoms with Crippen LogP contribution in [0.5, 0.6) is 5.75 Å². The first-order valence-corrected chi connectivity index (χ1v) is 12.9. The van der Waals surface area contributed by atoms with Crippen molar-refractivity contribution >= 4 is 8.58 Å². The number of para-hydroxylation sites is 1. The maximum atomic E-state index is 11.3. The van der Waals surface area contributed by atoms with E-state index in [1.54, 1.807) is 5.70 Å². The Kier molecular flexibility index (Phi) is 7.18. The summed E-state index contributed by atoms with van der Waals surface area (Å²) in [5, 5.41) is 12.8. The van der Waals surface area contributed by atoms with Gasteiger partial charge in [-0.2, -0.15) is 0 Å². The molecule has 2 aromatic rings. The van der Waals surface area contributed by atoms with E-state index in [0.29, 0.717) is 14.3 Å². The van der Waals surface area contributed by atoms with E-state index in [0.717, 1.165) is 30.4 Å². The van der Waals surface area contributed by atoms with Crippen molar-refractivity contribution < 1.29 is 5.11 Å². The van der Waals surface area contributed by atoms with Crippen LogP contribution < -0.4 is 0 Å². The minimum absolute atomic E-state index is 0.0607. The highest BCUT2D eigenvalue weighted by Gasteiger charge is 2.31. The Hall–Kier alpha value is -2.05. The smallest absolute Gasteiger partial charge is 0.123 e. The number of aromatic hydroxyl groups is 1. The van der Waals surface area contributed by atoms with Gasteiger partial charge in [0, 0.05) is 35.9 Å². The van der Waals surface area contributed by atoms with Gasteiger partial charge in [0.05, 0.1) is 0 Å². The Labute approximate surface area is 189 Å². The molecule has 1 saturated heterocycles. The van der Waals surface area contributed by atoms with Crippen LogP contribution in [0.4, 0.5) is 0 Å². The van der Waals surface area contributed by atoms with E-state index in [1.807, 2.05) is 6.07 Å². The molecular formula is C28H36NOP. The molecule has 31 heavy (non-hydrogen) atoms. The summed E-state index contributed by atoms with van der Waals surface area (Å²) in [5.74, 6) is 0.489. The molecule has 2 nitrogen and oxygen atoms in total. The van der Waals surface area contributed by atoms with Gasteiger partial charge < -0.3 is 10.0 Å². The number of piperidine rings is 1. The van der Waals surface area contributed by atoms with Gasteiger partial charge in [-0.05, 0) is 55.0 Å². The molecule has 3 heteroatoms. The number of allylic oxidation sites excluding steroid dienone is 4. The molecule has 2 aromatic carbocycles. The van der Waals surface area contributed by atoms with Crippen molar-refractivity contribution in [3.8, 4) is 5.75 Å². The molecule has 0 radical (unpaired) electrons. The van der Waals surface area contributed by atoms with Gasteiger partial charge in [-0.3, -0.25) is 0 Å². The largest absolute Gasteiger partial charge is 0.507 e. The van der Waals surface area contributed by atoms with Gasteiger partial charge in [-0.25, -0.2) is 0 Å².